The Morgan fingerprint density at radius 1 is 1.07 bits per heavy atom. The number of pyridine rings is 1. The molecule has 0 unspecified atom stereocenters. The van der Waals surface area contributed by atoms with Gasteiger partial charge in [-0.3, -0.25) is 23.3 Å². The first-order valence-electron chi connectivity index (χ1n) is 8.20. The number of carboxylic acid groups (broad SMARTS) is 1. The number of nitrogens with one attached hydrogen (secondary N) is 1. The fourth-order valence-electron chi connectivity index (χ4n) is 3.05. The van der Waals surface area contributed by atoms with Crippen LogP contribution in [0.25, 0.3) is 11.0 Å². The largest absolute Gasteiger partial charge is 0.478 e. The molecule has 2 heterocycles. The molecule has 9 heteroatoms. The standard InChI is InChI=1S/C18H18N4O5/c1-4-22-15-14(16(24)21(3)18(22)27)12(9-13(23)20(15)2)19-11-8-6-5-7-10(11)17(25)26/h5-9,19H,4H2,1-3H3,(H,25,26). The minimum atomic E-state index is -1.15. The number of aryl methyl sites for hydroxylation is 2. The lowest BCUT2D eigenvalue weighted by molar-refractivity contribution is 0.0698. The van der Waals surface area contributed by atoms with Gasteiger partial charge in [-0.25, -0.2) is 9.59 Å². The Hall–Kier alpha value is -3.62. The minimum Gasteiger partial charge on any atom is -0.478 e. The quantitative estimate of drug-likeness (QED) is 0.704. The van der Waals surface area contributed by atoms with E-state index in [0.29, 0.717) is 0 Å². The molecule has 9 nitrogen and oxygen atoms in total. The lowest BCUT2D eigenvalue weighted by Crippen LogP contribution is -2.40. The van der Waals surface area contributed by atoms with Crippen molar-refractivity contribution in [3.8, 4) is 0 Å². The van der Waals surface area contributed by atoms with Crippen molar-refractivity contribution in [2.75, 3.05) is 5.32 Å². The highest BCUT2D eigenvalue weighted by molar-refractivity contribution is 5.97. The van der Waals surface area contributed by atoms with Crippen LogP contribution in [0.3, 0.4) is 0 Å². The third kappa shape index (κ3) is 2.82. The third-order valence-electron chi connectivity index (χ3n) is 4.44. The summed E-state index contributed by atoms with van der Waals surface area (Å²) in [5, 5.41) is 12.4. The molecule has 27 heavy (non-hydrogen) atoms. The average Bonchev–Trinajstić information content (AvgIpc) is 2.64. The fourth-order valence-corrected chi connectivity index (χ4v) is 3.05. The molecule has 0 atom stereocenters. The van der Waals surface area contributed by atoms with E-state index >= 15 is 0 Å². The molecule has 0 aliphatic rings. The van der Waals surface area contributed by atoms with Gasteiger partial charge >= 0.3 is 11.7 Å². The number of anilines is 2. The predicted molar refractivity (Wildman–Crippen MR) is 101 cm³/mol. The van der Waals surface area contributed by atoms with Crippen molar-refractivity contribution in [1.82, 2.24) is 13.7 Å². The highest BCUT2D eigenvalue weighted by Crippen LogP contribution is 2.24. The zero-order valence-electron chi connectivity index (χ0n) is 15.0. The lowest BCUT2D eigenvalue weighted by atomic mass is 10.1. The maximum atomic E-state index is 12.8. The topological polar surface area (TPSA) is 115 Å². The summed E-state index contributed by atoms with van der Waals surface area (Å²) in [7, 11) is 2.83. The maximum absolute atomic E-state index is 12.8. The van der Waals surface area contributed by atoms with E-state index in [1.165, 1.54) is 41.4 Å². The summed E-state index contributed by atoms with van der Waals surface area (Å²) in [4.78, 5) is 49.1. The van der Waals surface area contributed by atoms with Gasteiger partial charge in [-0.2, -0.15) is 0 Å². The van der Waals surface area contributed by atoms with E-state index in [1.807, 2.05) is 0 Å². The van der Waals surface area contributed by atoms with Gasteiger partial charge in [-0.05, 0) is 19.1 Å². The molecule has 2 aromatic heterocycles. The number of para-hydroxylation sites is 1. The highest BCUT2D eigenvalue weighted by atomic mass is 16.4. The molecule has 3 rings (SSSR count). The molecule has 0 saturated heterocycles. The van der Waals surface area contributed by atoms with Gasteiger partial charge in [0.15, 0.2) is 0 Å². The summed E-state index contributed by atoms with van der Waals surface area (Å²) < 4.78 is 3.52. The van der Waals surface area contributed by atoms with E-state index in [9.17, 15) is 24.3 Å². The monoisotopic (exact) mass is 370 g/mol. The van der Waals surface area contributed by atoms with Crippen molar-refractivity contribution in [2.45, 2.75) is 13.5 Å². The number of hydrogen-bond acceptors (Lipinski definition) is 5. The van der Waals surface area contributed by atoms with Gasteiger partial charge in [0.05, 0.1) is 16.9 Å². The van der Waals surface area contributed by atoms with Gasteiger partial charge in [-0.15, -0.1) is 0 Å². The van der Waals surface area contributed by atoms with E-state index in [-0.39, 0.29) is 34.5 Å². The summed E-state index contributed by atoms with van der Waals surface area (Å²) in [5.74, 6) is -1.15. The number of aromatic carboxylic acids is 1. The molecule has 0 fully saturated rings. The first-order valence-corrected chi connectivity index (χ1v) is 8.20. The Bertz CT molecular complexity index is 1250. The second-order valence-corrected chi connectivity index (χ2v) is 6.02. The maximum Gasteiger partial charge on any atom is 0.337 e. The van der Waals surface area contributed by atoms with Crippen LogP contribution in [0.5, 0.6) is 0 Å². The van der Waals surface area contributed by atoms with Crippen molar-refractivity contribution < 1.29 is 9.90 Å². The Morgan fingerprint density at radius 3 is 2.37 bits per heavy atom. The second kappa shape index (κ2) is 6.60. The molecule has 0 amide bonds. The predicted octanol–water partition coefficient (Wildman–Crippen LogP) is 0.861. The van der Waals surface area contributed by atoms with E-state index in [2.05, 4.69) is 5.32 Å². The molecule has 0 bridgehead atoms. The van der Waals surface area contributed by atoms with Gasteiger partial charge < -0.3 is 10.4 Å². The molecule has 0 radical (unpaired) electrons. The average molecular weight is 370 g/mol. The SMILES string of the molecule is CCn1c(=O)n(C)c(=O)c2c(Nc3ccccc3C(=O)O)cc(=O)n(C)c21. The van der Waals surface area contributed by atoms with Crippen molar-refractivity contribution in [1.29, 1.82) is 0 Å². The van der Waals surface area contributed by atoms with Crippen molar-refractivity contribution in [3.05, 3.63) is 67.1 Å². The van der Waals surface area contributed by atoms with Gasteiger partial charge in [-0.1, -0.05) is 12.1 Å². The Kier molecular flexibility index (Phi) is 4.44. The number of carboxylic acids is 1. The second-order valence-electron chi connectivity index (χ2n) is 6.02. The van der Waals surface area contributed by atoms with Gasteiger partial charge in [0, 0.05) is 26.7 Å². The number of rotatable bonds is 4. The van der Waals surface area contributed by atoms with Crippen LogP contribution in [0, 0.1) is 0 Å². The van der Waals surface area contributed by atoms with Gasteiger partial charge in [0.1, 0.15) is 11.0 Å². The molecular weight excluding hydrogens is 352 g/mol. The van der Waals surface area contributed by atoms with Crippen LogP contribution in [0.4, 0.5) is 11.4 Å². The molecule has 0 aliphatic heterocycles. The molecule has 0 spiro atoms. The van der Waals surface area contributed by atoms with E-state index in [0.717, 1.165) is 4.57 Å². The number of hydrogen-bond donors (Lipinski definition) is 2. The number of carbonyl (C=O) groups is 1. The molecule has 2 N–H and O–H groups in total. The van der Waals surface area contributed by atoms with Crippen LogP contribution >= 0.6 is 0 Å². The third-order valence-corrected chi connectivity index (χ3v) is 4.44. The zero-order valence-corrected chi connectivity index (χ0v) is 15.0. The fraction of sp³-hybridized carbons (Fsp3) is 0.222. The van der Waals surface area contributed by atoms with Crippen LogP contribution in [0.2, 0.25) is 0 Å². The smallest absolute Gasteiger partial charge is 0.337 e. The first-order chi connectivity index (χ1) is 12.8. The molecule has 0 aliphatic carbocycles. The molecule has 0 saturated carbocycles. The lowest BCUT2D eigenvalue weighted by Gasteiger charge is -2.17. The normalized spacial score (nSPS) is 10.9. The summed E-state index contributed by atoms with van der Waals surface area (Å²) in [6.07, 6.45) is 0. The van der Waals surface area contributed by atoms with Crippen molar-refractivity contribution >= 4 is 28.4 Å². The number of nitrogens with zero attached hydrogens (tertiary/aromatic N) is 3. The zero-order chi connectivity index (χ0) is 19.9. The molecule has 3 aromatic rings. The van der Waals surface area contributed by atoms with Crippen LogP contribution in [-0.4, -0.2) is 24.8 Å². The number of aromatic nitrogens is 3. The first kappa shape index (κ1) is 18.2. The number of fused-ring (bicyclic) bond motifs is 1. The minimum absolute atomic E-state index is 0.00744. The molecular formula is C18H18N4O5. The highest BCUT2D eigenvalue weighted by Gasteiger charge is 2.19. The summed E-state index contributed by atoms with van der Waals surface area (Å²) >= 11 is 0. The summed E-state index contributed by atoms with van der Waals surface area (Å²) in [6, 6.07) is 7.37. The Labute approximate surface area is 152 Å². The van der Waals surface area contributed by atoms with Crippen LogP contribution in [-0.2, 0) is 20.6 Å². The van der Waals surface area contributed by atoms with E-state index in [4.69, 9.17) is 0 Å². The van der Waals surface area contributed by atoms with Crippen molar-refractivity contribution in [2.24, 2.45) is 14.1 Å². The summed E-state index contributed by atoms with van der Waals surface area (Å²) in [5.41, 5.74) is -1.01. The van der Waals surface area contributed by atoms with Crippen LogP contribution in [0.15, 0.2) is 44.7 Å². The Morgan fingerprint density at radius 2 is 1.74 bits per heavy atom. The van der Waals surface area contributed by atoms with Crippen LogP contribution in [0.1, 0.15) is 17.3 Å². The van der Waals surface area contributed by atoms with Crippen molar-refractivity contribution in [3.63, 3.8) is 0 Å². The molecule has 140 valence electrons. The van der Waals surface area contributed by atoms with Gasteiger partial charge in [0.25, 0.3) is 11.1 Å². The summed E-state index contributed by atoms with van der Waals surface area (Å²) in [6.45, 7) is 1.99. The van der Waals surface area contributed by atoms with E-state index < -0.39 is 22.8 Å². The van der Waals surface area contributed by atoms with E-state index in [1.54, 1.807) is 19.1 Å². The van der Waals surface area contributed by atoms with Gasteiger partial charge in [0.2, 0.25) is 0 Å². The molecule has 1 aromatic carbocycles. The Balaban J connectivity index is 2.43. The van der Waals surface area contributed by atoms with Crippen LogP contribution < -0.4 is 22.1 Å². The number of benzene rings is 1.